The summed E-state index contributed by atoms with van der Waals surface area (Å²) in [6.45, 7) is 6.04. The van der Waals surface area contributed by atoms with Gasteiger partial charge in [-0.1, -0.05) is 45.0 Å². The molecule has 178 valence electrons. The van der Waals surface area contributed by atoms with Crippen LogP contribution in [0.2, 0.25) is 0 Å². The topological polar surface area (TPSA) is 84.9 Å². The Morgan fingerprint density at radius 1 is 1.00 bits per heavy atom. The van der Waals surface area contributed by atoms with Gasteiger partial charge in [0.15, 0.2) is 6.10 Å². The van der Waals surface area contributed by atoms with Crippen LogP contribution in [0.3, 0.4) is 0 Å². The van der Waals surface area contributed by atoms with Crippen LogP contribution in [0.25, 0.3) is 0 Å². The lowest BCUT2D eigenvalue weighted by atomic mass is 9.86. The molecule has 1 heterocycles. The first-order chi connectivity index (χ1) is 16.0. The molecule has 8 heteroatoms. The monoisotopic (exact) mass is 480 g/mol. The smallest absolute Gasteiger partial charge is 0.267 e. The van der Waals surface area contributed by atoms with Gasteiger partial charge in [0.25, 0.3) is 5.91 Å². The Kier molecular flexibility index (Phi) is 6.27. The molecule has 0 saturated carbocycles. The van der Waals surface area contributed by atoms with Crippen LogP contribution >= 0.6 is 0 Å². The molecule has 0 spiro atoms. The van der Waals surface area contributed by atoms with Gasteiger partial charge in [-0.15, -0.1) is 0 Å². The molecule has 34 heavy (non-hydrogen) atoms. The van der Waals surface area contributed by atoms with Crippen molar-refractivity contribution in [3.63, 3.8) is 0 Å². The summed E-state index contributed by atoms with van der Waals surface area (Å²) in [6.07, 6.45) is 0.134. The van der Waals surface area contributed by atoms with Crippen molar-refractivity contribution in [2.45, 2.75) is 32.3 Å². The van der Waals surface area contributed by atoms with Crippen molar-refractivity contribution in [1.82, 2.24) is 0 Å². The van der Waals surface area contributed by atoms with Crippen LogP contribution in [0.1, 0.15) is 26.3 Å². The lowest BCUT2D eigenvalue weighted by molar-refractivity contribution is -0.122. The number of nitrogens with zero attached hydrogens (tertiary/aromatic N) is 1. The number of hydrogen-bond donors (Lipinski definition) is 1. The predicted octanol–water partition coefficient (Wildman–Crippen LogP) is 4.94. The zero-order valence-electron chi connectivity index (χ0n) is 19.6. The molecular formula is C26H28N2O5S. The van der Waals surface area contributed by atoms with Crippen molar-refractivity contribution in [3.8, 4) is 17.2 Å². The largest absolute Gasteiger partial charge is 0.476 e. The molecule has 1 atom stereocenters. The Bertz CT molecular complexity index is 1280. The number of benzene rings is 3. The average molecular weight is 481 g/mol. The van der Waals surface area contributed by atoms with Gasteiger partial charge >= 0.3 is 0 Å². The molecular weight excluding hydrogens is 452 g/mol. The number of para-hydroxylation sites is 1. The van der Waals surface area contributed by atoms with E-state index in [1.165, 1.54) is 4.31 Å². The van der Waals surface area contributed by atoms with E-state index in [9.17, 15) is 13.2 Å². The highest BCUT2D eigenvalue weighted by Crippen LogP contribution is 2.38. The van der Waals surface area contributed by atoms with Crippen LogP contribution in [-0.4, -0.2) is 33.2 Å². The molecule has 3 aromatic carbocycles. The lowest BCUT2D eigenvalue weighted by Gasteiger charge is -2.35. The minimum absolute atomic E-state index is 0.111. The second kappa shape index (κ2) is 9.02. The van der Waals surface area contributed by atoms with Crippen molar-refractivity contribution >= 4 is 27.3 Å². The molecule has 1 aliphatic heterocycles. The summed E-state index contributed by atoms with van der Waals surface area (Å²) in [5.74, 6) is 1.27. The summed E-state index contributed by atoms with van der Waals surface area (Å²) in [4.78, 5) is 13.0. The van der Waals surface area contributed by atoms with Crippen LogP contribution in [0.4, 0.5) is 11.4 Å². The molecule has 1 aliphatic rings. The van der Waals surface area contributed by atoms with Gasteiger partial charge in [-0.2, -0.15) is 0 Å². The number of hydrogen-bond acceptors (Lipinski definition) is 5. The SMILES string of the molecule is CC(C)(C)c1ccc2c(c1)N(S(C)(=O)=O)CC(C(=O)Nc1ccc(Oc3ccccc3)cc1)O2. The fourth-order valence-corrected chi connectivity index (χ4v) is 4.53. The minimum atomic E-state index is -3.62. The van der Waals surface area contributed by atoms with E-state index in [1.54, 1.807) is 30.3 Å². The first-order valence-corrected chi connectivity index (χ1v) is 12.8. The molecule has 0 aliphatic carbocycles. The summed E-state index contributed by atoms with van der Waals surface area (Å²) in [7, 11) is -3.62. The maximum atomic E-state index is 13.0. The molecule has 3 aromatic rings. The summed E-state index contributed by atoms with van der Waals surface area (Å²) in [5.41, 5.74) is 1.81. The number of carbonyl (C=O) groups is 1. The maximum Gasteiger partial charge on any atom is 0.267 e. The second-order valence-corrected chi connectivity index (χ2v) is 11.2. The zero-order chi connectivity index (χ0) is 24.5. The molecule has 1 unspecified atom stereocenters. The molecule has 0 saturated heterocycles. The predicted molar refractivity (Wildman–Crippen MR) is 133 cm³/mol. The highest BCUT2D eigenvalue weighted by atomic mass is 32.2. The lowest BCUT2D eigenvalue weighted by Crippen LogP contribution is -2.48. The van der Waals surface area contributed by atoms with E-state index >= 15 is 0 Å². The minimum Gasteiger partial charge on any atom is -0.476 e. The number of carbonyl (C=O) groups excluding carboxylic acids is 1. The second-order valence-electron chi connectivity index (χ2n) is 9.26. The van der Waals surface area contributed by atoms with Crippen molar-refractivity contribution < 1.29 is 22.7 Å². The standard InChI is InChI=1S/C26H28N2O5S/c1-26(2,3)18-10-15-23-22(16-18)28(34(4,30)31)17-24(33-23)25(29)27-19-11-13-21(14-12-19)32-20-8-6-5-7-9-20/h5-16,24H,17H2,1-4H3,(H,27,29). The highest BCUT2D eigenvalue weighted by molar-refractivity contribution is 7.92. The normalized spacial score (nSPS) is 15.8. The van der Waals surface area contributed by atoms with Crippen LogP contribution in [0.15, 0.2) is 72.8 Å². The Labute approximate surface area is 200 Å². The molecule has 4 rings (SSSR count). The fourth-order valence-electron chi connectivity index (χ4n) is 3.62. The van der Waals surface area contributed by atoms with Gasteiger partial charge in [0.05, 0.1) is 18.5 Å². The number of nitrogens with one attached hydrogen (secondary N) is 1. The quantitative estimate of drug-likeness (QED) is 0.559. The molecule has 0 bridgehead atoms. The van der Waals surface area contributed by atoms with Gasteiger partial charge in [0.1, 0.15) is 17.2 Å². The van der Waals surface area contributed by atoms with Gasteiger partial charge in [-0.05, 0) is 59.5 Å². The third-order valence-corrected chi connectivity index (χ3v) is 6.63. The Balaban J connectivity index is 1.50. The Hall–Kier alpha value is -3.52. The van der Waals surface area contributed by atoms with Crippen LogP contribution in [0.5, 0.6) is 17.2 Å². The van der Waals surface area contributed by atoms with Crippen molar-refractivity contribution in [3.05, 3.63) is 78.4 Å². The highest BCUT2D eigenvalue weighted by Gasteiger charge is 2.36. The van der Waals surface area contributed by atoms with Gasteiger partial charge in [0.2, 0.25) is 10.0 Å². The number of anilines is 2. The number of rotatable bonds is 5. The van der Waals surface area contributed by atoms with E-state index < -0.39 is 22.0 Å². The van der Waals surface area contributed by atoms with E-state index in [0.29, 0.717) is 28.6 Å². The van der Waals surface area contributed by atoms with Crippen molar-refractivity contribution in [1.29, 1.82) is 0 Å². The maximum absolute atomic E-state index is 13.0. The third-order valence-electron chi connectivity index (χ3n) is 5.49. The van der Waals surface area contributed by atoms with Crippen molar-refractivity contribution in [2.24, 2.45) is 0 Å². The van der Waals surface area contributed by atoms with Crippen molar-refractivity contribution in [2.75, 3.05) is 22.4 Å². The van der Waals surface area contributed by atoms with Gasteiger partial charge in [-0.3, -0.25) is 9.10 Å². The number of fused-ring (bicyclic) bond motifs is 1. The Morgan fingerprint density at radius 3 is 2.26 bits per heavy atom. The van der Waals surface area contributed by atoms with Crippen LogP contribution in [0, 0.1) is 0 Å². The van der Waals surface area contributed by atoms with Gasteiger partial charge < -0.3 is 14.8 Å². The van der Waals surface area contributed by atoms with E-state index in [0.717, 1.165) is 11.8 Å². The number of ether oxygens (including phenoxy) is 2. The first-order valence-electron chi connectivity index (χ1n) is 10.9. The van der Waals surface area contributed by atoms with Crippen LogP contribution in [-0.2, 0) is 20.2 Å². The number of amides is 1. The average Bonchev–Trinajstić information content (AvgIpc) is 2.78. The fraction of sp³-hybridized carbons (Fsp3) is 0.269. The molecule has 1 N–H and O–H groups in total. The first kappa shape index (κ1) is 23.6. The summed E-state index contributed by atoms with van der Waals surface area (Å²) in [6, 6.07) is 21.8. The molecule has 0 aromatic heterocycles. The van der Waals surface area contributed by atoms with E-state index in [2.05, 4.69) is 26.1 Å². The Morgan fingerprint density at radius 2 is 1.65 bits per heavy atom. The molecule has 1 amide bonds. The zero-order valence-corrected chi connectivity index (χ0v) is 20.4. The van der Waals surface area contributed by atoms with E-state index in [1.807, 2.05) is 42.5 Å². The summed E-state index contributed by atoms with van der Waals surface area (Å²) in [5, 5.41) is 2.80. The summed E-state index contributed by atoms with van der Waals surface area (Å²) < 4.78 is 38.0. The van der Waals surface area contributed by atoms with E-state index in [4.69, 9.17) is 9.47 Å². The third kappa shape index (κ3) is 5.34. The number of sulfonamides is 1. The molecule has 0 radical (unpaired) electrons. The van der Waals surface area contributed by atoms with Gasteiger partial charge in [0, 0.05) is 5.69 Å². The molecule has 7 nitrogen and oxygen atoms in total. The molecule has 0 fully saturated rings. The van der Waals surface area contributed by atoms with E-state index in [-0.39, 0.29) is 12.0 Å². The van der Waals surface area contributed by atoms with Crippen LogP contribution < -0.4 is 19.1 Å². The summed E-state index contributed by atoms with van der Waals surface area (Å²) >= 11 is 0. The van der Waals surface area contributed by atoms with Gasteiger partial charge in [-0.25, -0.2) is 8.42 Å².